The van der Waals surface area contributed by atoms with Gasteiger partial charge in [0.15, 0.2) is 0 Å². The van der Waals surface area contributed by atoms with Crippen LogP contribution in [0.3, 0.4) is 0 Å². The van der Waals surface area contributed by atoms with Crippen LogP contribution in [-0.2, 0) is 0 Å². The Morgan fingerprint density at radius 1 is 0.800 bits per heavy atom. The zero-order chi connectivity index (χ0) is 23.4. The van der Waals surface area contributed by atoms with Gasteiger partial charge in [0.05, 0.1) is 6.04 Å². The van der Waals surface area contributed by atoms with Crippen LogP contribution in [0.4, 0.5) is 11.4 Å². The van der Waals surface area contributed by atoms with Crippen molar-refractivity contribution in [1.29, 1.82) is 0 Å². The van der Waals surface area contributed by atoms with E-state index < -0.39 is 0 Å². The molecule has 2 saturated carbocycles. The predicted octanol–water partition coefficient (Wildman–Crippen LogP) is 5.95. The van der Waals surface area contributed by atoms with Crippen LogP contribution < -0.4 is 10.2 Å². The van der Waals surface area contributed by atoms with Crippen molar-refractivity contribution in [2.45, 2.75) is 31.2 Å². The Morgan fingerprint density at radius 2 is 1.51 bits per heavy atom. The molecule has 3 aromatic carbocycles. The SMILES string of the molecule is O=C(c1ccc2c(c1)[C@@H]1[C@H]3CC[C@@H](C3)[C@@H]1[C@@H](c1ccccc1)N2)N1CCN(c2ccccc2)CC1. The van der Waals surface area contributed by atoms with Crippen LogP contribution in [-0.4, -0.2) is 37.0 Å². The minimum atomic E-state index is 0.186. The second-order valence-corrected chi connectivity index (χ2v) is 10.9. The topological polar surface area (TPSA) is 35.6 Å². The van der Waals surface area contributed by atoms with Gasteiger partial charge in [0.1, 0.15) is 0 Å². The first kappa shape index (κ1) is 21.0. The number of rotatable bonds is 3. The summed E-state index contributed by atoms with van der Waals surface area (Å²) in [5, 5.41) is 3.91. The lowest BCUT2D eigenvalue weighted by atomic mass is 9.68. The molecule has 4 aliphatic rings. The highest BCUT2D eigenvalue weighted by atomic mass is 16.2. The van der Waals surface area contributed by atoms with Crippen LogP contribution in [0.25, 0.3) is 0 Å². The molecule has 0 unspecified atom stereocenters. The van der Waals surface area contributed by atoms with Crippen molar-refractivity contribution in [3.63, 3.8) is 0 Å². The quantitative estimate of drug-likeness (QED) is 0.522. The maximum Gasteiger partial charge on any atom is 0.253 e. The number of amides is 1. The van der Waals surface area contributed by atoms with Gasteiger partial charge in [-0.2, -0.15) is 0 Å². The van der Waals surface area contributed by atoms with E-state index in [1.54, 1.807) is 0 Å². The summed E-state index contributed by atoms with van der Waals surface area (Å²) in [5.41, 5.74) is 6.13. The van der Waals surface area contributed by atoms with E-state index in [0.717, 1.165) is 43.6 Å². The molecule has 0 radical (unpaired) electrons. The number of nitrogens with zero attached hydrogens (tertiary/aromatic N) is 2. The van der Waals surface area contributed by atoms with E-state index >= 15 is 0 Å². The van der Waals surface area contributed by atoms with Crippen molar-refractivity contribution in [1.82, 2.24) is 4.90 Å². The van der Waals surface area contributed by atoms with Gasteiger partial charge in [0, 0.05) is 43.1 Å². The number of fused-ring (bicyclic) bond motifs is 7. The van der Waals surface area contributed by atoms with Crippen LogP contribution >= 0.6 is 0 Å². The average molecular weight is 464 g/mol. The highest BCUT2D eigenvalue weighted by Crippen LogP contribution is 2.63. The van der Waals surface area contributed by atoms with Crippen molar-refractivity contribution >= 4 is 17.3 Å². The smallest absolute Gasteiger partial charge is 0.253 e. The van der Waals surface area contributed by atoms with Gasteiger partial charge in [-0.25, -0.2) is 0 Å². The second-order valence-electron chi connectivity index (χ2n) is 10.9. The van der Waals surface area contributed by atoms with Gasteiger partial charge in [-0.1, -0.05) is 48.5 Å². The van der Waals surface area contributed by atoms with Gasteiger partial charge < -0.3 is 15.1 Å². The van der Waals surface area contributed by atoms with Crippen molar-refractivity contribution in [2.75, 3.05) is 36.4 Å². The summed E-state index contributed by atoms with van der Waals surface area (Å²) in [7, 11) is 0. The first-order valence-electron chi connectivity index (χ1n) is 13.3. The number of anilines is 2. The number of carbonyl (C=O) groups excluding carboxylic acids is 1. The van der Waals surface area contributed by atoms with E-state index in [9.17, 15) is 4.79 Å². The number of hydrogen-bond donors (Lipinski definition) is 1. The molecule has 2 aliphatic carbocycles. The lowest BCUT2D eigenvalue weighted by molar-refractivity contribution is 0.0746. The molecular formula is C31H33N3O. The van der Waals surface area contributed by atoms with E-state index in [1.165, 1.54) is 41.8 Å². The Kier molecular flexibility index (Phi) is 5.08. The number of nitrogens with one attached hydrogen (secondary N) is 1. The van der Waals surface area contributed by atoms with E-state index in [0.29, 0.717) is 17.9 Å². The van der Waals surface area contributed by atoms with Crippen molar-refractivity contribution < 1.29 is 4.79 Å². The summed E-state index contributed by atoms with van der Waals surface area (Å²) in [4.78, 5) is 18.0. The fraction of sp³-hybridized carbons (Fsp3) is 0.387. The van der Waals surface area contributed by atoms with E-state index in [-0.39, 0.29) is 5.91 Å². The summed E-state index contributed by atoms with van der Waals surface area (Å²) in [5.74, 6) is 2.94. The number of carbonyl (C=O) groups is 1. The summed E-state index contributed by atoms with van der Waals surface area (Å²) in [6.07, 6.45) is 4.04. The number of benzene rings is 3. The summed E-state index contributed by atoms with van der Waals surface area (Å²) < 4.78 is 0. The van der Waals surface area contributed by atoms with Crippen molar-refractivity contribution in [3.05, 3.63) is 95.6 Å². The standard InChI is InChI=1S/C31H33N3O/c35-31(34-17-15-33(16-18-34)25-9-5-2-6-10-25)24-13-14-27-26(20-24)28-22-11-12-23(19-22)29(28)30(32-27)21-7-3-1-4-8-21/h1-10,13-14,20,22-23,28-30,32H,11-12,15-19H2/t22-,23-,28-,29-,30+/m0/s1. The third-order valence-electron chi connectivity index (χ3n) is 9.18. The highest BCUT2D eigenvalue weighted by Gasteiger charge is 2.53. The molecule has 7 rings (SSSR count). The third kappa shape index (κ3) is 3.53. The zero-order valence-corrected chi connectivity index (χ0v) is 20.1. The average Bonchev–Trinajstić information content (AvgIpc) is 3.56. The largest absolute Gasteiger partial charge is 0.378 e. The Balaban J connectivity index is 1.14. The molecule has 1 saturated heterocycles. The molecule has 3 fully saturated rings. The van der Waals surface area contributed by atoms with Crippen LogP contribution in [0.2, 0.25) is 0 Å². The molecule has 3 aromatic rings. The van der Waals surface area contributed by atoms with Crippen LogP contribution in [0.1, 0.15) is 52.7 Å². The molecule has 178 valence electrons. The van der Waals surface area contributed by atoms with E-state index in [4.69, 9.17) is 0 Å². The Hall–Kier alpha value is -3.27. The molecule has 0 aromatic heterocycles. The fourth-order valence-corrected chi connectivity index (χ4v) is 7.60. The van der Waals surface area contributed by atoms with Crippen LogP contribution in [0.15, 0.2) is 78.9 Å². The second kappa shape index (κ2) is 8.44. The Labute approximate surface area is 207 Å². The number of para-hydroxylation sites is 1. The number of piperazine rings is 1. The molecule has 2 aliphatic heterocycles. The highest BCUT2D eigenvalue weighted by molar-refractivity contribution is 5.95. The fourth-order valence-electron chi connectivity index (χ4n) is 7.60. The van der Waals surface area contributed by atoms with E-state index in [2.05, 4.69) is 83.0 Å². The van der Waals surface area contributed by atoms with Gasteiger partial charge in [0.25, 0.3) is 5.91 Å². The molecule has 1 N–H and O–H groups in total. The van der Waals surface area contributed by atoms with Crippen molar-refractivity contribution in [2.24, 2.45) is 17.8 Å². The molecule has 0 spiro atoms. The summed E-state index contributed by atoms with van der Waals surface area (Å²) in [6, 6.07) is 28.4. The normalized spacial score (nSPS) is 28.9. The molecule has 4 heteroatoms. The van der Waals surface area contributed by atoms with Gasteiger partial charge in [-0.15, -0.1) is 0 Å². The monoisotopic (exact) mass is 463 g/mol. The molecule has 2 bridgehead atoms. The zero-order valence-electron chi connectivity index (χ0n) is 20.1. The van der Waals surface area contributed by atoms with Gasteiger partial charge in [-0.05, 0) is 84.4 Å². The lowest BCUT2D eigenvalue weighted by Gasteiger charge is -2.44. The molecule has 2 heterocycles. The van der Waals surface area contributed by atoms with Crippen molar-refractivity contribution in [3.8, 4) is 0 Å². The van der Waals surface area contributed by atoms with Crippen LogP contribution in [0.5, 0.6) is 0 Å². The molecule has 4 nitrogen and oxygen atoms in total. The third-order valence-corrected chi connectivity index (χ3v) is 9.18. The first-order valence-corrected chi connectivity index (χ1v) is 13.3. The number of hydrogen-bond acceptors (Lipinski definition) is 3. The lowest BCUT2D eigenvalue weighted by Crippen LogP contribution is -2.48. The molecule has 35 heavy (non-hydrogen) atoms. The predicted molar refractivity (Wildman–Crippen MR) is 141 cm³/mol. The molecule has 1 amide bonds. The maximum absolute atomic E-state index is 13.6. The minimum Gasteiger partial charge on any atom is -0.378 e. The maximum atomic E-state index is 13.6. The summed E-state index contributed by atoms with van der Waals surface area (Å²) in [6.45, 7) is 3.32. The van der Waals surface area contributed by atoms with Crippen LogP contribution in [0, 0.1) is 17.8 Å². The Morgan fingerprint density at radius 3 is 2.29 bits per heavy atom. The molecular weight excluding hydrogens is 430 g/mol. The van der Waals surface area contributed by atoms with Gasteiger partial charge in [-0.3, -0.25) is 4.79 Å². The van der Waals surface area contributed by atoms with Gasteiger partial charge in [0.2, 0.25) is 0 Å². The Bertz CT molecular complexity index is 1220. The van der Waals surface area contributed by atoms with E-state index in [1.807, 2.05) is 11.0 Å². The first-order chi connectivity index (χ1) is 17.3. The summed E-state index contributed by atoms with van der Waals surface area (Å²) >= 11 is 0. The minimum absolute atomic E-state index is 0.186. The van der Waals surface area contributed by atoms with Gasteiger partial charge >= 0.3 is 0 Å². The molecule has 5 atom stereocenters.